The SMILES string of the molecule is Cn1c(-c2ccnc(Cl)n2)cc2cccc(F)c21. The molecule has 2 aromatic heterocycles. The molecule has 5 heteroatoms. The van der Waals surface area contributed by atoms with E-state index < -0.39 is 0 Å². The number of hydrogen-bond acceptors (Lipinski definition) is 2. The zero-order chi connectivity index (χ0) is 12.7. The number of aromatic nitrogens is 3. The second-order valence-corrected chi connectivity index (χ2v) is 4.32. The third-order valence-corrected chi connectivity index (χ3v) is 3.08. The van der Waals surface area contributed by atoms with E-state index in [-0.39, 0.29) is 11.1 Å². The fourth-order valence-electron chi connectivity index (χ4n) is 2.09. The minimum atomic E-state index is -0.249. The molecule has 0 spiro atoms. The standard InChI is InChI=1S/C13H9ClFN3/c1-18-11(10-5-6-16-13(14)17-10)7-8-3-2-4-9(15)12(8)18/h2-7H,1H3. The molecule has 0 aliphatic heterocycles. The quantitative estimate of drug-likeness (QED) is 0.629. The average Bonchev–Trinajstić information content (AvgIpc) is 2.68. The number of rotatable bonds is 1. The Hall–Kier alpha value is -1.94. The molecule has 0 bridgehead atoms. The highest BCUT2D eigenvalue weighted by Crippen LogP contribution is 2.27. The van der Waals surface area contributed by atoms with Gasteiger partial charge in [-0.05, 0) is 29.8 Å². The predicted octanol–water partition coefficient (Wildman–Crippen LogP) is 3.43. The molecule has 18 heavy (non-hydrogen) atoms. The maximum atomic E-state index is 13.8. The van der Waals surface area contributed by atoms with E-state index in [4.69, 9.17) is 11.6 Å². The van der Waals surface area contributed by atoms with E-state index in [2.05, 4.69) is 9.97 Å². The number of fused-ring (bicyclic) bond motifs is 1. The molecule has 0 N–H and O–H groups in total. The van der Waals surface area contributed by atoms with Gasteiger partial charge in [-0.1, -0.05) is 12.1 Å². The lowest BCUT2D eigenvalue weighted by Gasteiger charge is -2.03. The first-order valence-corrected chi connectivity index (χ1v) is 5.77. The van der Waals surface area contributed by atoms with Gasteiger partial charge in [0.15, 0.2) is 0 Å². The summed E-state index contributed by atoms with van der Waals surface area (Å²) >= 11 is 5.77. The third kappa shape index (κ3) is 1.66. The van der Waals surface area contributed by atoms with Crippen LogP contribution >= 0.6 is 11.6 Å². The minimum absolute atomic E-state index is 0.179. The van der Waals surface area contributed by atoms with Gasteiger partial charge in [0.1, 0.15) is 5.82 Å². The van der Waals surface area contributed by atoms with E-state index in [9.17, 15) is 4.39 Å². The van der Waals surface area contributed by atoms with Crippen LogP contribution < -0.4 is 0 Å². The summed E-state index contributed by atoms with van der Waals surface area (Å²) in [6.45, 7) is 0. The van der Waals surface area contributed by atoms with Gasteiger partial charge in [0.05, 0.1) is 16.9 Å². The zero-order valence-corrected chi connectivity index (χ0v) is 10.3. The Morgan fingerprint density at radius 3 is 2.83 bits per heavy atom. The van der Waals surface area contributed by atoms with Crippen molar-refractivity contribution in [2.75, 3.05) is 0 Å². The molecule has 1 aromatic carbocycles. The molecule has 0 atom stereocenters. The summed E-state index contributed by atoms with van der Waals surface area (Å²) in [7, 11) is 1.80. The van der Waals surface area contributed by atoms with Crippen LogP contribution in [-0.4, -0.2) is 14.5 Å². The summed E-state index contributed by atoms with van der Waals surface area (Å²) in [5.74, 6) is -0.249. The highest BCUT2D eigenvalue weighted by atomic mass is 35.5. The van der Waals surface area contributed by atoms with E-state index in [0.29, 0.717) is 11.2 Å². The molecule has 0 amide bonds. The summed E-state index contributed by atoms with van der Waals surface area (Å²) in [5.41, 5.74) is 2.04. The number of aryl methyl sites for hydroxylation is 1. The van der Waals surface area contributed by atoms with E-state index in [0.717, 1.165) is 11.1 Å². The second-order valence-electron chi connectivity index (χ2n) is 3.98. The summed E-state index contributed by atoms with van der Waals surface area (Å²) in [4.78, 5) is 7.98. The second kappa shape index (κ2) is 4.07. The number of benzene rings is 1. The number of halogens is 2. The van der Waals surface area contributed by atoms with Crippen molar-refractivity contribution in [2.45, 2.75) is 0 Å². The van der Waals surface area contributed by atoms with Crippen molar-refractivity contribution in [2.24, 2.45) is 7.05 Å². The topological polar surface area (TPSA) is 30.7 Å². The Labute approximate surface area is 108 Å². The Morgan fingerprint density at radius 1 is 1.28 bits per heavy atom. The first-order chi connectivity index (χ1) is 8.66. The lowest BCUT2D eigenvalue weighted by molar-refractivity contribution is 0.632. The van der Waals surface area contributed by atoms with Crippen molar-refractivity contribution >= 4 is 22.5 Å². The van der Waals surface area contributed by atoms with Crippen LogP contribution in [-0.2, 0) is 7.05 Å². The maximum Gasteiger partial charge on any atom is 0.222 e. The Bertz CT molecular complexity index is 736. The van der Waals surface area contributed by atoms with Crippen molar-refractivity contribution < 1.29 is 4.39 Å². The van der Waals surface area contributed by atoms with E-state index >= 15 is 0 Å². The van der Waals surface area contributed by atoms with Gasteiger partial charge in [-0.15, -0.1) is 0 Å². The maximum absolute atomic E-state index is 13.8. The van der Waals surface area contributed by atoms with Gasteiger partial charge in [-0.25, -0.2) is 14.4 Å². The minimum Gasteiger partial charge on any atom is -0.340 e. The molecule has 0 unspecified atom stereocenters. The molecule has 90 valence electrons. The average molecular weight is 262 g/mol. The molecule has 0 aliphatic rings. The van der Waals surface area contributed by atoms with Crippen LogP contribution in [0.1, 0.15) is 0 Å². The monoisotopic (exact) mass is 261 g/mol. The van der Waals surface area contributed by atoms with Crippen molar-refractivity contribution in [1.29, 1.82) is 0 Å². The lowest BCUT2D eigenvalue weighted by Crippen LogP contribution is -1.95. The number of hydrogen-bond donors (Lipinski definition) is 0. The van der Waals surface area contributed by atoms with Gasteiger partial charge in [-0.2, -0.15) is 0 Å². The Morgan fingerprint density at radius 2 is 2.11 bits per heavy atom. The molecule has 2 heterocycles. The molecule has 0 fully saturated rings. The van der Waals surface area contributed by atoms with Gasteiger partial charge in [0.25, 0.3) is 0 Å². The zero-order valence-electron chi connectivity index (χ0n) is 9.56. The van der Waals surface area contributed by atoms with E-state index in [1.807, 2.05) is 12.1 Å². The fourth-order valence-corrected chi connectivity index (χ4v) is 2.24. The Balaban J connectivity index is 2.31. The van der Waals surface area contributed by atoms with Crippen LogP contribution in [0.4, 0.5) is 4.39 Å². The van der Waals surface area contributed by atoms with Crippen LogP contribution in [0.25, 0.3) is 22.3 Å². The third-order valence-electron chi connectivity index (χ3n) is 2.90. The van der Waals surface area contributed by atoms with Gasteiger partial charge in [0.2, 0.25) is 5.28 Å². The normalized spacial score (nSPS) is 11.1. The van der Waals surface area contributed by atoms with E-state index in [1.54, 1.807) is 29.9 Å². The molecule has 0 radical (unpaired) electrons. The van der Waals surface area contributed by atoms with Crippen LogP contribution in [0.3, 0.4) is 0 Å². The largest absolute Gasteiger partial charge is 0.340 e. The van der Waals surface area contributed by atoms with Crippen LogP contribution in [0.5, 0.6) is 0 Å². The van der Waals surface area contributed by atoms with Gasteiger partial charge in [0, 0.05) is 18.6 Å². The number of nitrogens with zero attached hydrogens (tertiary/aromatic N) is 3. The fraction of sp³-hybridized carbons (Fsp3) is 0.0769. The summed E-state index contributed by atoms with van der Waals surface area (Å²) in [6.07, 6.45) is 1.58. The molecule has 3 nitrogen and oxygen atoms in total. The predicted molar refractivity (Wildman–Crippen MR) is 68.9 cm³/mol. The lowest BCUT2D eigenvalue weighted by atomic mass is 10.2. The first-order valence-electron chi connectivity index (χ1n) is 5.39. The summed E-state index contributed by atoms with van der Waals surface area (Å²) in [6, 6.07) is 8.63. The molecule has 0 saturated heterocycles. The van der Waals surface area contributed by atoms with Gasteiger partial charge in [-0.3, -0.25) is 0 Å². The first kappa shape index (κ1) is 11.2. The number of para-hydroxylation sites is 1. The molecule has 0 aliphatic carbocycles. The van der Waals surface area contributed by atoms with Crippen LogP contribution in [0.15, 0.2) is 36.5 Å². The summed E-state index contributed by atoms with van der Waals surface area (Å²) < 4.78 is 15.5. The van der Waals surface area contributed by atoms with Gasteiger partial charge >= 0.3 is 0 Å². The van der Waals surface area contributed by atoms with E-state index in [1.165, 1.54) is 6.07 Å². The molecule has 3 aromatic rings. The van der Waals surface area contributed by atoms with Crippen molar-refractivity contribution in [3.05, 3.63) is 47.6 Å². The molecular formula is C13H9ClFN3. The smallest absolute Gasteiger partial charge is 0.222 e. The molecular weight excluding hydrogens is 253 g/mol. The van der Waals surface area contributed by atoms with Crippen LogP contribution in [0, 0.1) is 5.82 Å². The molecule has 0 saturated carbocycles. The Kier molecular flexibility index (Phi) is 2.52. The van der Waals surface area contributed by atoms with Crippen molar-refractivity contribution in [1.82, 2.24) is 14.5 Å². The summed E-state index contributed by atoms with van der Waals surface area (Å²) in [5, 5.41) is 1.01. The van der Waals surface area contributed by atoms with Crippen LogP contribution in [0.2, 0.25) is 5.28 Å². The highest BCUT2D eigenvalue weighted by molar-refractivity contribution is 6.28. The molecule has 3 rings (SSSR count). The highest BCUT2D eigenvalue weighted by Gasteiger charge is 2.12. The van der Waals surface area contributed by atoms with Crippen molar-refractivity contribution in [3.8, 4) is 11.4 Å². The van der Waals surface area contributed by atoms with Crippen molar-refractivity contribution in [3.63, 3.8) is 0 Å². The van der Waals surface area contributed by atoms with Gasteiger partial charge < -0.3 is 4.57 Å².